The van der Waals surface area contributed by atoms with Crippen molar-refractivity contribution in [1.82, 2.24) is 10.2 Å². The molecule has 1 heterocycles. The van der Waals surface area contributed by atoms with Gasteiger partial charge in [0.1, 0.15) is 16.7 Å². The van der Waals surface area contributed by atoms with Crippen molar-refractivity contribution in [2.24, 2.45) is 0 Å². The molecule has 4 rings (SSSR count). The van der Waals surface area contributed by atoms with Crippen molar-refractivity contribution in [3.05, 3.63) is 95.4 Å². The van der Waals surface area contributed by atoms with Crippen LogP contribution in [0.2, 0.25) is 0 Å². The molecule has 3 aromatic carbocycles. The van der Waals surface area contributed by atoms with Crippen molar-refractivity contribution in [3.63, 3.8) is 0 Å². The van der Waals surface area contributed by atoms with E-state index in [4.69, 9.17) is 13.9 Å². The van der Waals surface area contributed by atoms with Crippen LogP contribution in [0.3, 0.4) is 0 Å². The van der Waals surface area contributed by atoms with Gasteiger partial charge in [-0.15, -0.1) is 10.2 Å². The van der Waals surface area contributed by atoms with Crippen LogP contribution in [0.5, 0.6) is 11.5 Å². The molecule has 1 unspecified atom stereocenters. The molecular formula is C27H27N3O4S. The molecule has 1 atom stereocenters. The Kier molecular flexibility index (Phi) is 8.05. The fourth-order valence-corrected chi connectivity index (χ4v) is 4.29. The molecule has 0 saturated carbocycles. The Hall–Kier alpha value is -3.78. The van der Waals surface area contributed by atoms with Gasteiger partial charge in [-0.05, 0) is 67.4 Å². The van der Waals surface area contributed by atoms with E-state index in [0.717, 1.165) is 22.4 Å². The minimum atomic E-state index is -0.612. The first-order chi connectivity index (χ1) is 17.0. The number of anilines is 1. The third kappa shape index (κ3) is 6.42. The number of nitrogens with zero attached hydrogens (tertiary/aromatic N) is 2. The minimum absolute atomic E-state index is 0.141. The maximum Gasteiger partial charge on any atom is 0.277 e. The number of hydrogen-bond acceptors (Lipinski definition) is 7. The van der Waals surface area contributed by atoms with E-state index in [2.05, 4.69) is 15.5 Å². The molecule has 1 amide bonds. The Labute approximate surface area is 208 Å². The highest BCUT2D eigenvalue weighted by molar-refractivity contribution is 8.00. The summed E-state index contributed by atoms with van der Waals surface area (Å²) in [7, 11) is 0. The Morgan fingerprint density at radius 3 is 2.54 bits per heavy atom. The predicted octanol–water partition coefficient (Wildman–Crippen LogP) is 6.14. The molecule has 1 N–H and O–H groups in total. The van der Waals surface area contributed by atoms with Gasteiger partial charge in [-0.3, -0.25) is 4.79 Å². The third-order valence-electron chi connectivity index (χ3n) is 5.15. The fourth-order valence-electron chi connectivity index (χ4n) is 3.40. The minimum Gasteiger partial charge on any atom is -0.492 e. The van der Waals surface area contributed by atoms with Crippen LogP contribution in [-0.4, -0.2) is 22.7 Å². The molecule has 0 aliphatic carbocycles. The number of thioether (sulfide) groups is 1. The first-order valence-electron chi connectivity index (χ1n) is 11.3. The van der Waals surface area contributed by atoms with Gasteiger partial charge in [-0.25, -0.2) is 0 Å². The number of amides is 1. The van der Waals surface area contributed by atoms with Gasteiger partial charge in [-0.1, -0.05) is 54.6 Å². The Balaban J connectivity index is 1.49. The monoisotopic (exact) mass is 489 g/mol. The number of carbonyl (C=O) groups is 1. The van der Waals surface area contributed by atoms with E-state index in [1.807, 2.05) is 93.6 Å². The molecule has 0 radical (unpaired) electrons. The lowest BCUT2D eigenvalue weighted by atomic mass is 10.1. The number of para-hydroxylation sites is 2. The summed E-state index contributed by atoms with van der Waals surface area (Å²) in [6.45, 7) is 6.53. The zero-order valence-corrected chi connectivity index (χ0v) is 20.7. The van der Waals surface area contributed by atoms with Crippen LogP contribution in [0.25, 0.3) is 0 Å². The van der Waals surface area contributed by atoms with Gasteiger partial charge in [0.25, 0.3) is 11.1 Å². The number of aromatic nitrogens is 2. The number of ether oxygens (including phenoxy) is 2. The summed E-state index contributed by atoms with van der Waals surface area (Å²) < 4.78 is 17.3. The highest BCUT2D eigenvalue weighted by Gasteiger charge is 2.26. The molecular weight excluding hydrogens is 462 g/mol. The summed E-state index contributed by atoms with van der Waals surface area (Å²) in [6.07, 6.45) is 0. The van der Waals surface area contributed by atoms with Crippen LogP contribution < -0.4 is 14.8 Å². The summed E-state index contributed by atoms with van der Waals surface area (Å²) in [6, 6.07) is 22.8. The smallest absolute Gasteiger partial charge is 0.277 e. The van der Waals surface area contributed by atoms with Crippen LogP contribution in [-0.2, 0) is 11.4 Å². The first kappa shape index (κ1) is 24.3. The molecule has 35 heavy (non-hydrogen) atoms. The van der Waals surface area contributed by atoms with E-state index in [0.29, 0.717) is 23.9 Å². The highest BCUT2D eigenvalue weighted by Crippen LogP contribution is 2.36. The Bertz CT molecular complexity index is 1280. The van der Waals surface area contributed by atoms with Crippen LogP contribution >= 0.6 is 11.8 Å². The summed E-state index contributed by atoms with van der Waals surface area (Å²) in [5.74, 6) is 1.50. The van der Waals surface area contributed by atoms with Gasteiger partial charge in [0.2, 0.25) is 5.91 Å². The molecule has 0 bridgehead atoms. The molecule has 0 saturated heterocycles. The molecule has 0 fully saturated rings. The zero-order valence-electron chi connectivity index (χ0n) is 19.9. The number of aryl methyl sites for hydroxylation is 2. The van der Waals surface area contributed by atoms with Crippen LogP contribution in [0.4, 0.5) is 5.69 Å². The lowest BCUT2D eigenvalue weighted by Gasteiger charge is -2.17. The molecule has 1 aromatic heterocycles. The van der Waals surface area contributed by atoms with Gasteiger partial charge in [0.15, 0.2) is 6.61 Å². The Morgan fingerprint density at radius 1 is 0.971 bits per heavy atom. The van der Waals surface area contributed by atoms with Crippen molar-refractivity contribution in [2.45, 2.75) is 37.9 Å². The lowest BCUT2D eigenvalue weighted by molar-refractivity contribution is -0.115. The van der Waals surface area contributed by atoms with Crippen LogP contribution in [0, 0.1) is 13.8 Å². The number of benzene rings is 3. The van der Waals surface area contributed by atoms with Crippen molar-refractivity contribution < 1.29 is 18.7 Å². The topological polar surface area (TPSA) is 86.5 Å². The van der Waals surface area contributed by atoms with E-state index in [1.165, 1.54) is 11.8 Å². The van der Waals surface area contributed by atoms with E-state index in [9.17, 15) is 4.79 Å². The number of nitrogens with one attached hydrogen (secondary N) is 1. The van der Waals surface area contributed by atoms with Crippen molar-refractivity contribution >= 4 is 23.4 Å². The van der Waals surface area contributed by atoms with Gasteiger partial charge >= 0.3 is 0 Å². The van der Waals surface area contributed by atoms with E-state index in [1.54, 1.807) is 0 Å². The Morgan fingerprint density at radius 2 is 1.74 bits per heavy atom. The molecule has 8 heteroatoms. The SMILES string of the molecule is CCOc1ccccc1NC(=O)C(Sc1nnc(COc2cc(C)ccc2C)o1)c1ccccc1. The fraction of sp³-hybridized carbons (Fsp3) is 0.222. The van der Waals surface area contributed by atoms with Gasteiger partial charge < -0.3 is 19.2 Å². The largest absolute Gasteiger partial charge is 0.492 e. The highest BCUT2D eigenvalue weighted by atomic mass is 32.2. The van der Waals surface area contributed by atoms with Gasteiger partial charge in [0.05, 0.1) is 12.3 Å². The summed E-state index contributed by atoms with van der Waals surface area (Å²) >= 11 is 1.19. The predicted molar refractivity (Wildman–Crippen MR) is 136 cm³/mol. The normalized spacial score (nSPS) is 11.6. The molecule has 0 aliphatic heterocycles. The van der Waals surface area contributed by atoms with E-state index >= 15 is 0 Å². The first-order valence-corrected chi connectivity index (χ1v) is 12.2. The standard InChI is InChI=1S/C27H27N3O4S/c1-4-32-22-13-9-8-12-21(22)28-26(31)25(20-10-6-5-7-11-20)35-27-30-29-24(34-27)17-33-23-16-18(2)14-15-19(23)3/h5-16,25H,4,17H2,1-3H3,(H,28,31). The zero-order chi connectivity index (χ0) is 24.6. The quantitative estimate of drug-likeness (QED) is 0.268. The molecule has 180 valence electrons. The maximum atomic E-state index is 13.4. The van der Waals surface area contributed by atoms with Crippen molar-refractivity contribution in [1.29, 1.82) is 0 Å². The second kappa shape index (κ2) is 11.6. The molecule has 7 nitrogen and oxygen atoms in total. The van der Waals surface area contributed by atoms with Gasteiger partial charge in [-0.2, -0.15) is 0 Å². The second-order valence-electron chi connectivity index (χ2n) is 7.85. The number of hydrogen-bond donors (Lipinski definition) is 1. The van der Waals surface area contributed by atoms with Crippen molar-refractivity contribution in [3.8, 4) is 11.5 Å². The summed E-state index contributed by atoms with van der Waals surface area (Å²) in [5, 5.41) is 10.9. The third-order valence-corrected chi connectivity index (χ3v) is 6.24. The molecule has 4 aromatic rings. The molecule has 0 spiro atoms. The number of carbonyl (C=O) groups excluding carboxylic acids is 1. The van der Waals surface area contributed by atoms with Gasteiger partial charge in [0, 0.05) is 0 Å². The average Bonchev–Trinajstić information content (AvgIpc) is 3.32. The van der Waals surface area contributed by atoms with Crippen molar-refractivity contribution in [2.75, 3.05) is 11.9 Å². The summed E-state index contributed by atoms with van der Waals surface area (Å²) in [5.41, 5.74) is 3.55. The van der Waals surface area contributed by atoms with E-state index < -0.39 is 5.25 Å². The van der Waals surface area contributed by atoms with Crippen LogP contribution in [0.15, 0.2) is 82.4 Å². The van der Waals surface area contributed by atoms with Crippen LogP contribution in [0.1, 0.15) is 34.8 Å². The van der Waals surface area contributed by atoms with E-state index in [-0.39, 0.29) is 17.7 Å². The lowest BCUT2D eigenvalue weighted by Crippen LogP contribution is -2.19. The second-order valence-corrected chi connectivity index (χ2v) is 8.90. The average molecular weight is 490 g/mol. The summed E-state index contributed by atoms with van der Waals surface area (Å²) in [4.78, 5) is 13.4. The number of rotatable bonds is 10. The maximum absolute atomic E-state index is 13.4. The molecule has 0 aliphatic rings.